The SMILES string of the molecule is Cc1ccc2nc(CN3C(=O)N[C@]4(CCSC4)C3=O)cc(=O)n2c1. The Morgan fingerprint density at radius 3 is 2.92 bits per heavy atom. The number of amides is 3. The molecular weight excluding hydrogens is 328 g/mol. The van der Waals surface area contributed by atoms with Crippen molar-refractivity contribution < 1.29 is 9.59 Å². The Morgan fingerprint density at radius 2 is 2.17 bits per heavy atom. The van der Waals surface area contributed by atoms with Crippen LogP contribution in [0.5, 0.6) is 0 Å². The van der Waals surface area contributed by atoms with Crippen LogP contribution in [0.2, 0.25) is 0 Å². The molecule has 0 aliphatic carbocycles. The number of imide groups is 1. The summed E-state index contributed by atoms with van der Waals surface area (Å²) in [6, 6.07) is 4.58. The van der Waals surface area contributed by atoms with Crippen molar-refractivity contribution >= 4 is 29.3 Å². The van der Waals surface area contributed by atoms with Crippen LogP contribution in [0.15, 0.2) is 29.2 Å². The number of carbonyl (C=O) groups is 2. The van der Waals surface area contributed by atoms with Crippen LogP contribution in [0.1, 0.15) is 17.7 Å². The lowest BCUT2D eigenvalue weighted by molar-refractivity contribution is -0.130. The second-order valence-electron chi connectivity index (χ2n) is 6.23. The number of carbonyl (C=O) groups excluding carboxylic acids is 2. The molecule has 4 heterocycles. The van der Waals surface area contributed by atoms with E-state index in [2.05, 4.69) is 10.3 Å². The number of hydrogen-bond acceptors (Lipinski definition) is 5. The molecule has 0 saturated carbocycles. The van der Waals surface area contributed by atoms with Gasteiger partial charge in [-0.1, -0.05) is 6.07 Å². The normalized spacial score (nSPS) is 23.5. The average molecular weight is 344 g/mol. The number of urea groups is 1. The second kappa shape index (κ2) is 5.34. The highest BCUT2D eigenvalue weighted by Gasteiger charge is 2.52. The summed E-state index contributed by atoms with van der Waals surface area (Å²) in [5.41, 5.74) is 0.868. The van der Waals surface area contributed by atoms with Gasteiger partial charge in [-0.3, -0.25) is 18.9 Å². The number of rotatable bonds is 2. The zero-order chi connectivity index (χ0) is 16.9. The van der Waals surface area contributed by atoms with Gasteiger partial charge in [0, 0.05) is 18.0 Å². The predicted octanol–water partition coefficient (Wildman–Crippen LogP) is 0.930. The fourth-order valence-electron chi connectivity index (χ4n) is 3.15. The van der Waals surface area contributed by atoms with Crippen LogP contribution in [0.3, 0.4) is 0 Å². The molecule has 124 valence electrons. The van der Waals surface area contributed by atoms with Crippen LogP contribution in [-0.2, 0) is 11.3 Å². The van der Waals surface area contributed by atoms with E-state index >= 15 is 0 Å². The minimum atomic E-state index is -0.773. The molecule has 7 nitrogen and oxygen atoms in total. The molecule has 24 heavy (non-hydrogen) atoms. The number of thioether (sulfide) groups is 1. The van der Waals surface area contributed by atoms with Gasteiger partial charge in [0.05, 0.1) is 12.2 Å². The Labute approximate surface area is 142 Å². The maximum absolute atomic E-state index is 12.7. The van der Waals surface area contributed by atoms with E-state index < -0.39 is 11.6 Å². The zero-order valence-electron chi connectivity index (χ0n) is 13.1. The molecule has 2 aliphatic rings. The first kappa shape index (κ1) is 15.2. The van der Waals surface area contributed by atoms with Crippen molar-refractivity contribution in [1.82, 2.24) is 19.6 Å². The number of hydrogen-bond donors (Lipinski definition) is 1. The van der Waals surface area contributed by atoms with Crippen molar-refractivity contribution in [2.75, 3.05) is 11.5 Å². The largest absolute Gasteiger partial charge is 0.325 e. The van der Waals surface area contributed by atoms with Gasteiger partial charge in [-0.2, -0.15) is 11.8 Å². The van der Waals surface area contributed by atoms with Crippen LogP contribution in [0.25, 0.3) is 5.65 Å². The molecule has 3 amide bonds. The first-order valence-electron chi connectivity index (χ1n) is 7.69. The van der Waals surface area contributed by atoms with Gasteiger partial charge in [0.2, 0.25) is 0 Å². The maximum atomic E-state index is 12.7. The molecule has 2 saturated heterocycles. The molecule has 1 N–H and O–H groups in total. The topological polar surface area (TPSA) is 83.8 Å². The first-order chi connectivity index (χ1) is 11.5. The third kappa shape index (κ3) is 2.29. The summed E-state index contributed by atoms with van der Waals surface area (Å²) in [6.45, 7) is 1.91. The number of nitrogens with one attached hydrogen (secondary N) is 1. The Kier molecular flexibility index (Phi) is 3.38. The van der Waals surface area contributed by atoms with E-state index in [1.54, 1.807) is 24.0 Å². The maximum Gasteiger partial charge on any atom is 0.325 e. The summed E-state index contributed by atoms with van der Waals surface area (Å²) >= 11 is 1.66. The molecule has 0 aromatic carbocycles. The van der Waals surface area contributed by atoms with E-state index in [4.69, 9.17) is 0 Å². The van der Waals surface area contributed by atoms with Gasteiger partial charge in [-0.15, -0.1) is 0 Å². The molecule has 4 rings (SSSR count). The van der Waals surface area contributed by atoms with Crippen molar-refractivity contribution in [2.24, 2.45) is 0 Å². The molecule has 0 unspecified atom stereocenters. The molecule has 0 bridgehead atoms. The van der Waals surface area contributed by atoms with Gasteiger partial charge < -0.3 is 5.32 Å². The Bertz CT molecular complexity index is 917. The Balaban J connectivity index is 1.67. The van der Waals surface area contributed by atoms with Crippen molar-refractivity contribution in [1.29, 1.82) is 0 Å². The van der Waals surface area contributed by atoms with E-state index in [1.165, 1.54) is 15.4 Å². The molecular formula is C16H16N4O3S. The number of pyridine rings is 1. The predicted molar refractivity (Wildman–Crippen MR) is 90.0 cm³/mol. The molecule has 0 radical (unpaired) electrons. The van der Waals surface area contributed by atoms with E-state index in [-0.39, 0.29) is 18.0 Å². The molecule has 1 spiro atoms. The van der Waals surface area contributed by atoms with Crippen molar-refractivity contribution in [3.63, 3.8) is 0 Å². The number of aromatic nitrogens is 2. The van der Waals surface area contributed by atoms with Gasteiger partial charge in [0.15, 0.2) is 0 Å². The molecule has 2 aromatic rings. The van der Waals surface area contributed by atoms with E-state index in [0.717, 1.165) is 11.3 Å². The molecule has 8 heteroatoms. The van der Waals surface area contributed by atoms with Gasteiger partial charge in [0.1, 0.15) is 11.2 Å². The molecule has 2 aliphatic heterocycles. The summed E-state index contributed by atoms with van der Waals surface area (Å²) in [5, 5.41) is 2.81. The minimum Gasteiger partial charge on any atom is -0.322 e. The van der Waals surface area contributed by atoms with Crippen LogP contribution < -0.4 is 10.9 Å². The molecule has 1 atom stereocenters. The second-order valence-corrected chi connectivity index (χ2v) is 7.33. The van der Waals surface area contributed by atoms with Gasteiger partial charge in [-0.05, 0) is 30.7 Å². The van der Waals surface area contributed by atoms with E-state index in [1.807, 2.05) is 13.0 Å². The Morgan fingerprint density at radius 1 is 1.33 bits per heavy atom. The summed E-state index contributed by atoms with van der Waals surface area (Å²) in [7, 11) is 0. The van der Waals surface area contributed by atoms with Crippen LogP contribution in [0, 0.1) is 6.92 Å². The highest BCUT2D eigenvalue weighted by atomic mass is 32.2. The van der Waals surface area contributed by atoms with Gasteiger partial charge in [0.25, 0.3) is 11.5 Å². The highest BCUT2D eigenvalue weighted by molar-refractivity contribution is 7.99. The highest BCUT2D eigenvalue weighted by Crippen LogP contribution is 2.33. The standard InChI is InChI=1S/C16H16N4O3S/c1-10-2-3-12-17-11(6-13(21)19(12)7-10)8-20-14(22)16(18-15(20)23)4-5-24-9-16/h2-3,6-7H,4-5,8-9H2,1H3,(H,18,23)/t16-/m0/s1. The van der Waals surface area contributed by atoms with Crippen molar-refractivity contribution in [2.45, 2.75) is 25.4 Å². The number of nitrogens with zero attached hydrogens (tertiary/aromatic N) is 3. The molecule has 2 aromatic heterocycles. The third-order valence-electron chi connectivity index (χ3n) is 4.45. The first-order valence-corrected chi connectivity index (χ1v) is 8.85. The smallest absolute Gasteiger partial charge is 0.322 e. The number of aryl methyl sites for hydroxylation is 1. The summed E-state index contributed by atoms with van der Waals surface area (Å²) in [5.74, 6) is 1.24. The fourth-order valence-corrected chi connectivity index (χ4v) is 4.48. The lowest BCUT2D eigenvalue weighted by atomic mass is 9.99. The molecule has 2 fully saturated rings. The van der Waals surface area contributed by atoms with Crippen molar-refractivity contribution in [3.8, 4) is 0 Å². The fraction of sp³-hybridized carbons (Fsp3) is 0.375. The monoisotopic (exact) mass is 344 g/mol. The third-order valence-corrected chi connectivity index (χ3v) is 5.64. The summed E-state index contributed by atoms with van der Waals surface area (Å²) in [4.78, 5) is 42.7. The van der Waals surface area contributed by atoms with Crippen LogP contribution in [0.4, 0.5) is 4.79 Å². The van der Waals surface area contributed by atoms with Gasteiger partial charge in [-0.25, -0.2) is 9.78 Å². The van der Waals surface area contributed by atoms with E-state index in [9.17, 15) is 14.4 Å². The Hall–Kier alpha value is -2.35. The van der Waals surface area contributed by atoms with Crippen LogP contribution in [-0.4, -0.2) is 43.3 Å². The quantitative estimate of drug-likeness (QED) is 0.820. The lowest BCUT2D eigenvalue weighted by Gasteiger charge is -2.19. The summed E-state index contributed by atoms with van der Waals surface area (Å²) < 4.78 is 1.46. The number of fused-ring (bicyclic) bond motifs is 1. The summed E-state index contributed by atoms with van der Waals surface area (Å²) in [6.07, 6.45) is 2.36. The van der Waals surface area contributed by atoms with Crippen molar-refractivity contribution in [3.05, 3.63) is 46.0 Å². The lowest BCUT2D eigenvalue weighted by Crippen LogP contribution is -2.46. The minimum absolute atomic E-state index is 0.0106. The average Bonchev–Trinajstić information content (AvgIpc) is 3.10. The van der Waals surface area contributed by atoms with Crippen LogP contribution >= 0.6 is 11.8 Å². The van der Waals surface area contributed by atoms with E-state index in [0.29, 0.717) is 23.5 Å². The van der Waals surface area contributed by atoms with Gasteiger partial charge >= 0.3 is 6.03 Å². The zero-order valence-corrected chi connectivity index (χ0v) is 13.9.